The second kappa shape index (κ2) is 5.15. The molecular formula is C15H18N2O3. The quantitative estimate of drug-likeness (QED) is 0.781. The Morgan fingerprint density at radius 2 is 2.00 bits per heavy atom. The molecule has 1 heterocycles. The molecular weight excluding hydrogens is 256 g/mol. The molecule has 5 nitrogen and oxygen atoms in total. The lowest BCUT2D eigenvalue weighted by molar-refractivity contribution is -0.125. The lowest BCUT2D eigenvalue weighted by Gasteiger charge is -2.15. The van der Waals surface area contributed by atoms with Crippen LogP contribution < -0.4 is 4.74 Å². The van der Waals surface area contributed by atoms with Gasteiger partial charge in [-0.15, -0.1) is 0 Å². The SMILES string of the molecule is CN1CC(=O)N(CCOc2ccc3c(c2)CCC3)C1=O. The van der Waals surface area contributed by atoms with E-state index in [2.05, 4.69) is 12.1 Å². The van der Waals surface area contributed by atoms with Crippen molar-refractivity contribution in [1.82, 2.24) is 9.80 Å². The molecule has 5 heteroatoms. The van der Waals surface area contributed by atoms with Crippen LogP contribution in [0.3, 0.4) is 0 Å². The number of nitrogens with zero attached hydrogens (tertiary/aromatic N) is 2. The van der Waals surface area contributed by atoms with Crippen LogP contribution in [0.15, 0.2) is 18.2 Å². The highest BCUT2D eigenvalue weighted by Gasteiger charge is 2.33. The van der Waals surface area contributed by atoms with Crippen molar-refractivity contribution in [2.24, 2.45) is 0 Å². The summed E-state index contributed by atoms with van der Waals surface area (Å²) in [7, 11) is 1.63. The van der Waals surface area contributed by atoms with E-state index >= 15 is 0 Å². The number of carbonyl (C=O) groups is 2. The van der Waals surface area contributed by atoms with Crippen molar-refractivity contribution in [3.8, 4) is 5.75 Å². The molecule has 0 atom stereocenters. The molecule has 0 radical (unpaired) electrons. The maximum absolute atomic E-state index is 11.7. The van der Waals surface area contributed by atoms with Gasteiger partial charge in [-0.05, 0) is 42.5 Å². The third kappa shape index (κ3) is 2.35. The van der Waals surface area contributed by atoms with Crippen LogP contribution in [-0.4, -0.2) is 48.5 Å². The number of carbonyl (C=O) groups excluding carboxylic acids is 2. The minimum absolute atomic E-state index is 0.157. The van der Waals surface area contributed by atoms with Crippen molar-refractivity contribution >= 4 is 11.9 Å². The van der Waals surface area contributed by atoms with E-state index in [1.54, 1.807) is 7.05 Å². The van der Waals surface area contributed by atoms with Gasteiger partial charge in [0, 0.05) is 7.05 Å². The minimum atomic E-state index is -0.243. The highest BCUT2D eigenvalue weighted by molar-refractivity contribution is 6.01. The lowest BCUT2D eigenvalue weighted by atomic mass is 10.1. The van der Waals surface area contributed by atoms with Crippen LogP contribution in [0.25, 0.3) is 0 Å². The summed E-state index contributed by atoms with van der Waals surface area (Å²) in [6.07, 6.45) is 3.47. The van der Waals surface area contributed by atoms with E-state index in [1.807, 2.05) is 6.07 Å². The molecule has 1 saturated heterocycles. The smallest absolute Gasteiger partial charge is 0.327 e. The first-order valence-corrected chi connectivity index (χ1v) is 6.95. The molecule has 3 rings (SSSR count). The van der Waals surface area contributed by atoms with Crippen LogP contribution in [0, 0.1) is 0 Å². The molecule has 2 aliphatic rings. The zero-order valence-corrected chi connectivity index (χ0v) is 11.6. The van der Waals surface area contributed by atoms with Gasteiger partial charge in [0.1, 0.15) is 18.9 Å². The number of imide groups is 1. The number of ether oxygens (including phenoxy) is 1. The summed E-state index contributed by atoms with van der Waals surface area (Å²) in [5.74, 6) is 0.660. The molecule has 0 unspecified atom stereocenters. The number of urea groups is 1. The lowest BCUT2D eigenvalue weighted by Crippen LogP contribution is -2.35. The van der Waals surface area contributed by atoms with E-state index in [9.17, 15) is 9.59 Å². The third-order valence-electron chi connectivity index (χ3n) is 3.88. The Morgan fingerprint density at radius 3 is 2.75 bits per heavy atom. The summed E-state index contributed by atoms with van der Waals surface area (Å²) in [5.41, 5.74) is 2.76. The van der Waals surface area contributed by atoms with Crippen molar-refractivity contribution in [3.05, 3.63) is 29.3 Å². The predicted molar refractivity (Wildman–Crippen MR) is 73.7 cm³/mol. The average molecular weight is 274 g/mol. The van der Waals surface area contributed by atoms with Crippen LogP contribution in [-0.2, 0) is 17.6 Å². The second-order valence-electron chi connectivity index (χ2n) is 5.32. The first-order chi connectivity index (χ1) is 9.65. The van der Waals surface area contributed by atoms with Gasteiger partial charge in [-0.3, -0.25) is 9.69 Å². The molecule has 0 aromatic heterocycles. The molecule has 1 aromatic carbocycles. The number of fused-ring (bicyclic) bond motifs is 1. The standard InChI is InChI=1S/C15H18N2O3/c1-16-10-14(18)17(15(16)19)7-8-20-13-6-5-11-3-2-4-12(11)9-13/h5-6,9H,2-4,7-8,10H2,1H3. The van der Waals surface area contributed by atoms with Gasteiger partial charge in [0.15, 0.2) is 0 Å². The molecule has 0 bridgehead atoms. The number of amides is 3. The van der Waals surface area contributed by atoms with Gasteiger partial charge >= 0.3 is 6.03 Å². The molecule has 1 fully saturated rings. The Balaban J connectivity index is 1.55. The van der Waals surface area contributed by atoms with Gasteiger partial charge < -0.3 is 9.64 Å². The Labute approximate surface area is 118 Å². The first kappa shape index (κ1) is 13.0. The first-order valence-electron chi connectivity index (χ1n) is 6.95. The topological polar surface area (TPSA) is 49.9 Å². The fourth-order valence-corrected chi connectivity index (χ4v) is 2.78. The molecule has 106 valence electrons. The van der Waals surface area contributed by atoms with E-state index in [0.717, 1.165) is 18.6 Å². The highest BCUT2D eigenvalue weighted by Crippen LogP contribution is 2.26. The summed E-state index contributed by atoms with van der Waals surface area (Å²) in [5, 5.41) is 0. The van der Waals surface area contributed by atoms with E-state index in [1.165, 1.54) is 27.3 Å². The summed E-state index contributed by atoms with van der Waals surface area (Å²) in [6, 6.07) is 5.90. The van der Waals surface area contributed by atoms with Gasteiger partial charge in [-0.25, -0.2) is 4.79 Å². The monoisotopic (exact) mass is 274 g/mol. The van der Waals surface area contributed by atoms with Gasteiger partial charge in [-0.2, -0.15) is 0 Å². The predicted octanol–water partition coefficient (Wildman–Crippen LogP) is 1.45. The largest absolute Gasteiger partial charge is 0.492 e. The molecule has 0 saturated carbocycles. The molecule has 1 aromatic rings. The maximum Gasteiger partial charge on any atom is 0.327 e. The van der Waals surface area contributed by atoms with E-state index in [4.69, 9.17) is 4.74 Å². The van der Waals surface area contributed by atoms with Crippen molar-refractivity contribution in [2.45, 2.75) is 19.3 Å². The van der Waals surface area contributed by atoms with Crippen molar-refractivity contribution in [1.29, 1.82) is 0 Å². The summed E-state index contributed by atoms with van der Waals surface area (Å²) in [4.78, 5) is 25.9. The molecule has 0 N–H and O–H groups in total. The van der Waals surface area contributed by atoms with Crippen molar-refractivity contribution in [2.75, 3.05) is 26.7 Å². The molecule has 1 aliphatic carbocycles. The Hall–Kier alpha value is -2.04. The van der Waals surface area contributed by atoms with Crippen LogP contribution in [0.1, 0.15) is 17.5 Å². The van der Waals surface area contributed by atoms with Gasteiger partial charge in [0.2, 0.25) is 5.91 Å². The number of aryl methyl sites for hydroxylation is 2. The van der Waals surface area contributed by atoms with Crippen LogP contribution >= 0.6 is 0 Å². The van der Waals surface area contributed by atoms with Gasteiger partial charge in [0.05, 0.1) is 6.54 Å². The maximum atomic E-state index is 11.7. The Morgan fingerprint density at radius 1 is 1.20 bits per heavy atom. The van der Waals surface area contributed by atoms with Gasteiger partial charge in [0.25, 0.3) is 0 Å². The number of rotatable bonds is 4. The van der Waals surface area contributed by atoms with Crippen molar-refractivity contribution < 1.29 is 14.3 Å². The third-order valence-corrected chi connectivity index (χ3v) is 3.88. The highest BCUT2D eigenvalue weighted by atomic mass is 16.5. The molecule has 1 aliphatic heterocycles. The zero-order chi connectivity index (χ0) is 14.1. The zero-order valence-electron chi connectivity index (χ0n) is 11.6. The number of hydrogen-bond donors (Lipinski definition) is 0. The van der Waals surface area contributed by atoms with Crippen LogP contribution in [0.4, 0.5) is 4.79 Å². The second-order valence-corrected chi connectivity index (χ2v) is 5.32. The van der Waals surface area contributed by atoms with E-state index in [-0.39, 0.29) is 18.5 Å². The summed E-state index contributed by atoms with van der Waals surface area (Å²) < 4.78 is 5.66. The fourth-order valence-electron chi connectivity index (χ4n) is 2.78. The average Bonchev–Trinajstić information content (AvgIpc) is 2.98. The Bertz CT molecular complexity index is 556. The molecule has 3 amide bonds. The van der Waals surface area contributed by atoms with E-state index < -0.39 is 0 Å². The van der Waals surface area contributed by atoms with E-state index in [0.29, 0.717) is 13.2 Å². The molecule has 0 spiro atoms. The minimum Gasteiger partial charge on any atom is -0.492 e. The molecule has 20 heavy (non-hydrogen) atoms. The normalized spacial score (nSPS) is 17.9. The number of likely N-dealkylation sites (N-methyl/N-ethyl adjacent to an activating group) is 1. The summed E-state index contributed by atoms with van der Waals surface area (Å²) >= 11 is 0. The number of benzene rings is 1. The van der Waals surface area contributed by atoms with Crippen LogP contribution in [0.5, 0.6) is 5.75 Å². The summed E-state index contributed by atoms with van der Waals surface area (Å²) in [6.45, 7) is 0.806. The van der Waals surface area contributed by atoms with Crippen molar-refractivity contribution in [3.63, 3.8) is 0 Å². The Kier molecular flexibility index (Phi) is 3.34. The number of hydrogen-bond acceptors (Lipinski definition) is 3. The fraction of sp³-hybridized carbons (Fsp3) is 0.467. The van der Waals surface area contributed by atoms with Crippen LogP contribution in [0.2, 0.25) is 0 Å². The van der Waals surface area contributed by atoms with Gasteiger partial charge in [-0.1, -0.05) is 6.07 Å².